The molecule has 0 amide bonds. The third kappa shape index (κ3) is 3.85. The number of aliphatic hydroxyl groups is 1. The monoisotopic (exact) mass is 210 g/mol. The van der Waals surface area contributed by atoms with Crippen molar-refractivity contribution in [2.24, 2.45) is 0 Å². The Kier molecular flexibility index (Phi) is 5.19. The van der Waals surface area contributed by atoms with Crippen LogP contribution in [-0.2, 0) is 10.8 Å². The first-order valence-corrected chi connectivity index (χ1v) is 5.86. The van der Waals surface area contributed by atoms with Crippen molar-refractivity contribution in [1.29, 1.82) is 0 Å². The van der Waals surface area contributed by atoms with Crippen LogP contribution in [0.3, 0.4) is 0 Å². The first-order chi connectivity index (χ1) is 6.84. The van der Waals surface area contributed by atoms with Gasteiger partial charge in [-0.15, -0.1) is 0 Å². The van der Waals surface area contributed by atoms with E-state index >= 15 is 0 Å². The molecule has 0 radical (unpaired) electrons. The van der Waals surface area contributed by atoms with Gasteiger partial charge in [0.1, 0.15) is 0 Å². The molecule has 1 aromatic rings. The Morgan fingerprint density at radius 3 is 2.57 bits per heavy atom. The molecule has 1 atom stereocenters. The first kappa shape index (κ1) is 11.1. The summed E-state index contributed by atoms with van der Waals surface area (Å²) in [6.07, 6.45) is 4.33. The molecule has 0 aliphatic heterocycles. The van der Waals surface area contributed by atoms with Crippen LogP contribution in [-0.4, -0.2) is 21.7 Å². The minimum Gasteiger partial charge on any atom is -0.396 e. The molecule has 1 aromatic carbocycles. The van der Waals surface area contributed by atoms with Gasteiger partial charge in [-0.1, -0.05) is 30.4 Å². The molecule has 76 valence electrons. The third-order valence-corrected chi connectivity index (χ3v) is 3.01. The second-order valence-electron chi connectivity index (χ2n) is 2.81. The quantitative estimate of drug-likeness (QED) is 0.751. The first-order valence-electron chi connectivity index (χ1n) is 4.54. The van der Waals surface area contributed by atoms with Gasteiger partial charge in [-0.2, -0.15) is 0 Å². The minimum atomic E-state index is -0.955. The average Bonchev–Trinajstić information content (AvgIpc) is 2.25. The van der Waals surface area contributed by atoms with E-state index in [1.165, 1.54) is 0 Å². The predicted octanol–water partition coefficient (Wildman–Crippen LogP) is 1.73. The largest absolute Gasteiger partial charge is 0.396 e. The summed E-state index contributed by atoms with van der Waals surface area (Å²) < 4.78 is 11.6. The Morgan fingerprint density at radius 1 is 1.21 bits per heavy atom. The molecular formula is C11H14O2S. The van der Waals surface area contributed by atoms with E-state index in [1.807, 2.05) is 42.5 Å². The predicted molar refractivity (Wildman–Crippen MR) is 58.6 cm³/mol. The van der Waals surface area contributed by atoms with Crippen LogP contribution in [0.4, 0.5) is 0 Å². The Morgan fingerprint density at radius 2 is 1.93 bits per heavy atom. The SMILES string of the molecule is O=S(C/C=C/CCO)c1ccccc1. The normalized spacial score (nSPS) is 13.2. The average molecular weight is 210 g/mol. The van der Waals surface area contributed by atoms with Crippen molar-refractivity contribution < 1.29 is 9.32 Å². The molecule has 0 aliphatic rings. The van der Waals surface area contributed by atoms with Crippen molar-refractivity contribution in [2.45, 2.75) is 11.3 Å². The van der Waals surface area contributed by atoms with Gasteiger partial charge in [-0.05, 0) is 18.6 Å². The van der Waals surface area contributed by atoms with Gasteiger partial charge in [0.05, 0.1) is 10.8 Å². The van der Waals surface area contributed by atoms with Gasteiger partial charge in [-0.25, -0.2) is 0 Å². The van der Waals surface area contributed by atoms with Crippen LogP contribution in [0.5, 0.6) is 0 Å². The molecule has 0 fully saturated rings. The van der Waals surface area contributed by atoms with Crippen molar-refractivity contribution in [3.63, 3.8) is 0 Å². The topological polar surface area (TPSA) is 37.3 Å². The molecule has 0 bridgehead atoms. The molecule has 0 aromatic heterocycles. The lowest BCUT2D eigenvalue weighted by Crippen LogP contribution is -1.94. The van der Waals surface area contributed by atoms with Crippen molar-refractivity contribution >= 4 is 10.8 Å². The Bertz CT molecular complexity index is 306. The molecule has 0 spiro atoms. The van der Waals surface area contributed by atoms with Gasteiger partial charge < -0.3 is 5.11 Å². The van der Waals surface area contributed by atoms with Gasteiger partial charge in [0.2, 0.25) is 0 Å². The van der Waals surface area contributed by atoms with Crippen LogP contribution in [0.15, 0.2) is 47.4 Å². The van der Waals surface area contributed by atoms with Gasteiger partial charge in [0.15, 0.2) is 0 Å². The second kappa shape index (κ2) is 6.51. The summed E-state index contributed by atoms with van der Waals surface area (Å²) in [5, 5.41) is 8.52. The number of rotatable bonds is 5. The lowest BCUT2D eigenvalue weighted by molar-refractivity contribution is 0.302. The highest BCUT2D eigenvalue weighted by Crippen LogP contribution is 2.05. The van der Waals surface area contributed by atoms with Crippen molar-refractivity contribution in [1.82, 2.24) is 0 Å². The van der Waals surface area contributed by atoms with Gasteiger partial charge in [-0.3, -0.25) is 4.21 Å². The van der Waals surface area contributed by atoms with Crippen LogP contribution in [0, 0.1) is 0 Å². The molecule has 0 saturated carbocycles. The zero-order valence-electron chi connectivity index (χ0n) is 7.93. The number of benzene rings is 1. The smallest absolute Gasteiger partial charge is 0.0567 e. The standard InChI is InChI=1S/C11H14O2S/c12-9-5-2-6-10-14(13)11-7-3-1-4-8-11/h1-4,6-8,12H,5,9-10H2/b6-2+. The van der Waals surface area contributed by atoms with E-state index in [2.05, 4.69) is 0 Å². The molecule has 2 nitrogen and oxygen atoms in total. The number of aliphatic hydroxyl groups excluding tert-OH is 1. The van der Waals surface area contributed by atoms with E-state index in [1.54, 1.807) is 0 Å². The maximum atomic E-state index is 11.6. The highest BCUT2D eigenvalue weighted by molar-refractivity contribution is 7.85. The maximum absolute atomic E-state index is 11.6. The molecule has 1 unspecified atom stereocenters. The van der Waals surface area contributed by atoms with Gasteiger partial charge in [0.25, 0.3) is 0 Å². The summed E-state index contributed by atoms with van der Waals surface area (Å²) in [6.45, 7) is 0.147. The number of hydrogen-bond donors (Lipinski definition) is 1. The van der Waals surface area contributed by atoms with Crippen LogP contribution in [0.1, 0.15) is 6.42 Å². The summed E-state index contributed by atoms with van der Waals surface area (Å²) >= 11 is 0. The van der Waals surface area contributed by atoms with Crippen LogP contribution >= 0.6 is 0 Å². The molecule has 1 N–H and O–H groups in total. The lowest BCUT2D eigenvalue weighted by atomic mass is 10.4. The molecule has 0 aliphatic carbocycles. The second-order valence-corrected chi connectivity index (χ2v) is 4.30. The Balaban J connectivity index is 2.44. The Hall–Kier alpha value is -0.930. The van der Waals surface area contributed by atoms with E-state index in [0.717, 1.165) is 4.90 Å². The highest BCUT2D eigenvalue weighted by Gasteiger charge is 1.98. The van der Waals surface area contributed by atoms with Crippen LogP contribution in [0.2, 0.25) is 0 Å². The summed E-state index contributed by atoms with van der Waals surface area (Å²) in [5.74, 6) is 0.518. The molecule has 3 heteroatoms. The van der Waals surface area contributed by atoms with E-state index in [-0.39, 0.29) is 6.61 Å². The van der Waals surface area contributed by atoms with Gasteiger partial charge >= 0.3 is 0 Å². The fourth-order valence-corrected chi connectivity index (χ4v) is 1.98. The number of hydrogen-bond acceptors (Lipinski definition) is 2. The summed E-state index contributed by atoms with van der Waals surface area (Å²) in [7, 11) is -0.955. The minimum absolute atomic E-state index is 0.147. The Labute approximate surface area is 86.7 Å². The zero-order valence-corrected chi connectivity index (χ0v) is 8.74. The van der Waals surface area contributed by atoms with E-state index < -0.39 is 10.8 Å². The summed E-state index contributed by atoms with van der Waals surface area (Å²) in [6, 6.07) is 9.38. The van der Waals surface area contributed by atoms with Crippen LogP contribution < -0.4 is 0 Å². The summed E-state index contributed by atoms with van der Waals surface area (Å²) in [4.78, 5) is 0.848. The zero-order chi connectivity index (χ0) is 10.2. The van der Waals surface area contributed by atoms with E-state index in [9.17, 15) is 4.21 Å². The van der Waals surface area contributed by atoms with Crippen molar-refractivity contribution in [3.05, 3.63) is 42.5 Å². The van der Waals surface area contributed by atoms with Crippen molar-refractivity contribution in [3.8, 4) is 0 Å². The van der Waals surface area contributed by atoms with Crippen molar-refractivity contribution in [2.75, 3.05) is 12.4 Å². The van der Waals surface area contributed by atoms with Crippen LogP contribution in [0.25, 0.3) is 0 Å². The lowest BCUT2D eigenvalue weighted by Gasteiger charge is -1.97. The fourth-order valence-electron chi connectivity index (χ4n) is 1.02. The van der Waals surface area contributed by atoms with Gasteiger partial charge in [0, 0.05) is 17.3 Å². The van der Waals surface area contributed by atoms with E-state index in [0.29, 0.717) is 12.2 Å². The molecular weight excluding hydrogens is 196 g/mol. The molecule has 0 saturated heterocycles. The molecule has 14 heavy (non-hydrogen) atoms. The molecule has 1 rings (SSSR count). The summed E-state index contributed by atoms with van der Waals surface area (Å²) in [5.41, 5.74) is 0. The third-order valence-electron chi connectivity index (χ3n) is 1.72. The molecule has 0 heterocycles. The highest BCUT2D eigenvalue weighted by atomic mass is 32.2. The van der Waals surface area contributed by atoms with E-state index in [4.69, 9.17) is 5.11 Å². The fraction of sp³-hybridized carbons (Fsp3) is 0.273. The maximum Gasteiger partial charge on any atom is 0.0567 e.